The lowest BCUT2D eigenvalue weighted by molar-refractivity contribution is 0.662. The standard InChI is InChI=1S/C45H33N3/c1-45(2)38-18-9-8-16-35(38)36-24-21-30-25-32-26-31(22-23-34(32)40(30)41(36)45)43-46-42(29-12-4-3-5-13-29)47-44(48-43)37-17-10-14-28-20-19-27-11-6-7-15-33(27)39(28)37/h3-18,21-24,26H,19-20,25H2,1-2H3. The molecule has 0 aliphatic heterocycles. The zero-order valence-corrected chi connectivity index (χ0v) is 27.1. The summed E-state index contributed by atoms with van der Waals surface area (Å²) in [6.45, 7) is 4.75. The molecule has 3 nitrogen and oxygen atoms in total. The van der Waals surface area contributed by atoms with Crippen molar-refractivity contribution < 1.29 is 0 Å². The van der Waals surface area contributed by atoms with Gasteiger partial charge < -0.3 is 0 Å². The maximum absolute atomic E-state index is 5.24. The lowest BCUT2D eigenvalue weighted by Crippen LogP contribution is -2.16. The highest BCUT2D eigenvalue weighted by atomic mass is 15.0. The molecule has 228 valence electrons. The average Bonchev–Trinajstić information content (AvgIpc) is 3.62. The van der Waals surface area contributed by atoms with Crippen molar-refractivity contribution in [2.45, 2.75) is 38.5 Å². The Labute approximate surface area is 281 Å². The van der Waals surface area contributed by atoms with Gasteiger partial charge in [0.25, 0.3) is 0 Å². The van der Waals surface area contributed by atoms with Gasteiger partial charge in [-0.05, 0) is 92.1 Å². The molecule has 3 aliphatic carbocycles. The number of hydrogen-bond donors (Lipinski definition) is 0. The molecule has 0 fully saturated rings. The van der Waals surface area contributed by atoms with E-state index in [0.717, 1.165) is 36.0 Å². The van der Waals surface area contributed by atoms with Gasteiger partial charge in [-0.15, -0.1) is 0 Å². The topological polar surface area (TPSA) is 38.7 Å². The van der Waals surface area contributed by atoms with E-state index in [1.165, 1.54) is 66.8 Å². The van der Waals surface area contributed by atoms with Crippen molar-refractivity contribution in [2.24, 2.45) is 0 Å². The average molecular weight is 616 g/mol. The fourth-order valence-electron chi connectivity index (χ4n) is 8.61. The van der Waals surface area contributed by atoms with Gasteiger partial charge in [0.2, 0.25) is 0 Å². The fraction of sp³-hybridized carbons (Fsp3) is 0.133. The summed E-state index contributed by atoms with van der Waals surface area (Å²) in [6.07, 6.45) is 2.97. The van der Waals surface area contributed by atoms with Gasteiger partial charge in [-0.2, -0.15) is 0 Å². The first-order valence-corrected chi connectivity index (χ1v) is 17.0. The first-order valence-electron chi connectivity index (χ1n) is 17.0. The quantitative estimate of drug-likeness (QED) is 0.198. The molecule has 0 saturated carbocycles. The summed E-state index contributed by atoms with van der Waals surface area (Å²) >= 11 is 0. The van der Waals surface area contributed by atoms with Crippen LogP contribution in [0.5, 0.6) is 0 Å². The molecule has 0 N–H and O–H groups in total. The van der Waals surface area contributed by atoms with Gasteiger partial charge in [0.1, 0.15) is 0 Å². The van der Waals surface area contributed by atoms with Crippen LogP contribution in [0, 0.1) is 0 Å². The van der Waals surface area contributed by atoms with E-state index < -0.39 is 0 Å². The second-order valence-corrected chi connectivity index (χ2v) is 13.9. The van der Waals surface area contributed by atoms with Gasteiger partial charge in [-0.1, -0.05) is 135 Å². The fourth-order valence-corrected chi connectivity index (χ4v) is 8.61. The highest BCUT2D eigenvalue weighted by Gasteiger charge is 2.40. The van der Waals surface area contributed by atoms with Gasteiger partial charge >= 0.3 is 0 Å². The lowest BCUT2D eigenvalue weighted by Gasteiger charge is -2.24. The number of aryl methyl sites for hydroxylation is 2. The SMILES string of the molecule is CC1(C)c2ccccc2-c2ccc3c(c21)-c1ccc(-c2nc(-c4ccccc4)nc(-c4cccc5c4-c4ccccc4CC5)n2)cc1C3. The number of hydrogen-bond acceptors (Lipinski definition) is 3. The minimum atomic E-state index is -0.0569. The van der Waals surface area contributed by atoms with Crippen molar-refractivity contribution >= 4 is 0 Å². The number of benzene rings is 6. The van der Waals surface area contributed by atoms with E-state index in [0.29, 0.717) is 17.5 Å². The van der Waals surface area contributed by atoms with Crippen LogP contribution in [0.1, 0.15) is 47.2 Å². The molecule has 0 amide bonds. The molecule has 0 unspecified atom stereocenters. The van der Waals surface area contributed by atoms with Crippen LogP contribution in [0.25, 0.3) is 67.5 Å². The van der Waals surface area contributed by atoms with Crippen molar-refractivity contribution in [1.82, 2.24) is 15.0 Å². The van der Waals surface area contributed by atoms with E-state index in [1.807, 2.05) is 18.2 Å². The third kappa shape index (κ3) is 3.97. The minimum Gasteiger partial charge on any atom is -0.208 e. The van der Waals surface area contributed by atoms with E-state index in [1.54, 1.807) is 0 Å². The summed E-state index contributed by atoms with van der Waals surface area (Å²) in [5.41, 5.74) is 19.3. The van der Waals surface area contributed by atoms with E-state index in [-0.39, 0.29) is 5.41 Å². The third-order valence-electron chi connectivity index (χ3n) is 10.8. The van der Waals surface area contributed by atoms with E-state index in [9.17, 15) is 0 Å². The van der Waals surface area contributed by atoms with Gasteiger partial charge in [0.15, 0.2) is 17.5 Å². The molecule has 3 heteroatoms. The van der Waals surface area contributed by atoms with Crippen LogP contribution in [0.3, 0.4) is 0 Å². The van der Waals surface area contributed by atoms with E-state index in [4.69, 9.17) is 15.0 Å². The summed E-state index contributed by atoms with van der Waals surface area (Å²) in [7, 11) is 0. The summed E-state index contributed by atoms with van der Waals surface area (Å²) in [6, 6.07) is 46.1. The molecule has 1 aromatic heterocycles. The molecule has 7 aromatic rings. The summed E-state index contributed by atoms with van der Waals surface area (Å²) in [4.78, 5) is 15.5. The first kappa shape index (κ1) is 27.4. The molecule has 48 heavy (non-hydrogen) atoms. The largest absolute Gasteiger partial charge is 0.208 e. The second-order valence-electron chi connectivity index (χ2n) is 13.9. The summed E-state index contributed by atoms with van der Waals surface area (Å²) < 4.78 is 0. The predicted molar refractivity (Wildman–Crippen MR) is 195 cm³/mol. The number of nitrogens with zero attached hydrogens (tertiary/aromatic N) is 3. The first-order chi connectivity index (χ1) is 23.5. The Bertz CT molecular complexity index is 2450. The molecule has 1 heterocycles. The molecule has 0 radical (unpaired) electrons. The number of aromatic nitrogens is 3. The molecular weight excluding hydrogens is 583 g/mol. The highest BCUT2D eigenvalue weighted by molar-refractivity contribution is 5.93. The molecule has 0 spiro atoms. The third-order valence-corrected chi connectivity index (χ3v) is 10.8. The molecule has 6 aromatic carbocycles. The smallest absolute Gasteiger partial charge is 0.164 e. The van der Waals surface area contributed by atoms with Gasteiger partial charge in [-0.25, -0.2) is 15.0 Å². The summed E-state index contributed by atoms with van der Waals surface area (Å²) in [5.74, 6) is 2.12. The van der Waals surface area contributed by atoms with Crippen LogP contribution in [0.4, 0.5) is 0 Å². The van der Waals surface area contributed by atoms with Crippen LogP contribution in [-0.2, 0) is 24.7 Å². The molecule has 0 bridgehead atoms. The van der Waals surface area contributed by atoms with Crippen molar-refractivity contribution in [3.8, 4) is 67.5 Å². The van der Waals surface area contributed by atoms with E-state index in [2.05, 4.69) is 123 Å². The second kappa shape index (κ2) is 10.2. The Morgan fingerprint density at radius 3 is 1.96 bits per heavy atom. The number of fused-ring (bicyclic) bond motifs is 10. The van der Waals surface area contributed by atoms with Crippen molar-refractivity contribution in [3.05, 3.63) is 161 Å². The van der Waals surface area contributed by atoms with Gasteiger partial charge in [0, 0.05) is 22.1 Å². The Balaban J connectivity index is 1.14. The molecular formula is C45H33N3. The minimum absolute atomic E-state index is 0.0569. The van der Waals surface area contributed by atoms with Gasteiger partial charge in [0.05, 0.1) is 0 Å². The van der Waals surface area contributed by atoms with Crippen LogP contribution in [0.2, 0.25) is 0 Å². The Hall–Kier alpha value is -5.67. The predicted octanol–water partition coefficient (Wildman–Crippen LogP) is 10.5. The zero-order valence-electron chi connectivity index (χ0n) is 27.1. The number of rotatable bonds is 3. The van der Waals surface area contributed by atoms with Crippen molar-refractivity contribution in [2.75, 3.05) is 0 Å². The van der Waals surface area contributed by atoms with E-state index >= 15 is 0 Å². The monoisotopic (exact) mass is 615 g/mol. The van der Waals surface area contributed by atoms with Crippen LogP contribution < -0.4 is 0 Å². The molecule has 0 atom stereocenters. The molecule has 10 rings (SSSR count). The molecule has 3 aliphatic rings. The lowest BCUT2D eigenvalue weighted by atomic mass is 9.78. The maximum Gasteiger partial charge on any atom is 0.164 e. The van der Waals surface area contributed by atoms with Crippen LogP contribution in [0.15, 0.2) is 127 Å². The highest BCUT2D eigenvalue weighted by Crippen LogP contribution is 2.55. The zero-order chi connectivity index (χ0) is 32.0. The normalized spacial score (nSPS) is 14.4. The summed E-state index contributed by atoms with van der Waals surface area (Å²) in [5, 5.41) is 0. The Morgan fingerprint density at radius 2 is 1.08 bits per heavy atom. The Morgan fingerprint density at radius 1 is 0.438 bits per heavy atom. The van der Waals surface area contributed by atoms with Crippen molar-refractivity contribution in [3.63, 3.8) is 0 Å². The van der Waals surface area contributed by atoms with Crippen LogP contribution >= 0.6 is 0 Å². The molecule has 0 saturated heterocycles. The maximum atomic E-state index is 5.24. The van der Waals surface area contributed by atoms with Gasteiger partial charge in [-0.3, -0.25) is 0 Å². The van der Waals surface area contributed by atoms with Crippen molar-refractivity contribution in [1.29, 1.82) is 0 Å². The Kier molecular flexibility index (Phi) is 5.81. The van der Waals surface area contributed by atoms with Crippen LogP contribution in [-0.4, -0.2) is 15.0 Å².